The summed E-state index contributed by atoms with van der Waals surface area (Å²) in [7, 11) is 0. The maximum atomic E-state index is 15.1. The first-order valence-corrected chi connectivity index (χ1v) is 13.5. The number of aliphatic hydroxyl groups is 1. The Hall–Kier alpha value is -4.18. The number of fused-ring (bicyclic) bond motifs is 3. The average Bonchev–Trinajstić information content (AvgIpc) is 3.20. The molecule has 2 aliphatic rings. The van der Waals surface area contributed by atoms with Crippen LogP contribution < -0.4 is 4.74 Å². The lowest BCUT2D eigenvalue weighted by atomic mass is 9.92. The minimum atomic E-state index is -0.940. The Labute approximate surface area is 235 Å². The normalized spacial score (nSPS) is 19.1. The molecule has 212 valence electrons. The third kappa shape index (κ3) is 5.08. The summed E-state index contributed by atoms with van der Waals surface area (Å²) in [6, 6.07) is 7.84. The van der Waals surface area contributed by atoms with E-state index in [2.05, 4.69) is 15.1 Å². The molecule has 0 radical (unpaired) electrons. The van der Waals surface area contributed by atoms with Gasteiger partial charge < -0.3 is 14.9 Å². The number of rotatable bonds is 8. The average molecular weight is 561 g/mol. The van der Waals surface area contributed by atoms with Crippen LogP contribution in [0.15, 0.2) is 42.9 Å². The van der Waals surface area contributed by atoms with Crippen LogP contribution >= 0.6 is 0 Å². The van der Waals surface area contributed by atoms with E-state index < -0.39 is 23.2 Å². The fourth-order valence-corrected chi connectivity index (χ4v) is 6.15. The topological polar surface area (TPSA) is 110 Å². The molecule has 2 N–H and O–H groups in total. The second kappa shape index (κ2) is 9.73. The van der Waals surface area contributed by atoms with Gasteiger partial charge in [-0.1, -0.05) is 0 Å². The van der Waals surface area contributed by atoms with E-state index in [-0.39, 0.29) is 42.0 Å². The SMILES string of the molecule is Cc1cc(-c2ncn(CC(C)(C)O)n2)cc(C)c1-c1cc(COc2cc3c(cn2)C2C(C3)C2C(=O)O)c(F)cc1F. The third-order valence-electron chi connectivity index (χ3n) is 7.93. The molecule has 0 bridgehead atoms. The number of aliphatic carboxylic acids is 1. The van der Waals surface area contributed by atoms with Crippen molar-refractivity contribution in [1.29, 1.82) is 0 Å². The Morgan fingerprint density at radius 1 is 1.10 bits per heavy atom. The van der Waals surface area contributed by atoms with Crippen molar-refractivity contribution >= 4 is 5.97 Å². The number of halogens is 2. The van der Waals surface area contributed by atoms with Crippen molar-refractivity contribution in [1.82, 2.24) is 19.7 Å². The van der Waals surface area contributed by atoms with Gasteiger partial charge in [-0.15, -0.1) is 0 Å². The number of aromatic nitrogens is 4. The zero-order chi connectivity index (χ0) is 29.2. The van der Waals surface area contributed by atoms with Crippen molar-refractivity contribution < 1.29 is 28.5 Å². The van der Waals surface area contributed by atoms with Crippen LogP contribution in [0.3, 0.4) is 0 Å². The predicted octanol–water partition coefficient (Wildman–Crippen LogP) is 5.22. The lowest BCUT2D eigenvalue weighted by Gasteiger charge is -2.16. The van der Waals surface area contributed by atoms with Gasteiger partial charge in [0.2, 0.25) is 5.88 Å². The monoisotopic (exact) mass is 560 g/mol. The molecule has 1 saturated carbocycles. The fourth-order valence-electron chi connectivity index (χ4n) is 6.15. The molecular weight excluding hydrogens is 530 g/mol. The van der Waals surface area contributed by atoms with E-state index in [1.807, 2.05) is 26.0 Å². The highest BCUT2D eigenvalue weighted by atomic mass is 19.1. The second-order valence-electron chi connectivity index (χ2n) is 11.8. The molecular formula is C31H30F2N4O4. The van der Waals surface area contributed by atoms with E-state index in [4.69, 9.17) is 4.74 Å². The van der Waals surface area contributed by atoms with Crippen molar-refractivity contribution in [3.05, 3.63) is 82.3 Å². The second-order valence-corrected chi connectivity index (χ2v) is 11.8. The summed E-state index contributed by atoms with van der Waals surface area (Å²) < 4.78 is 37.3. The third-order valence-corrected chi connectivity index (χ3v) is 7.93. The molecule has 2 heterocycles. The first-order chi connectivity index (χ1) is 19.4. The molecule has 0 amide bonds. The van der Waals surface area contributed by atoms with Crippen molar-refractivity contribution in [3.8, 4) is 28.4 Å². The molecule has 3 atom stereocenters. The summed E-state index contributed by atoms with van der Waals surface area (Å²) in [5.74, 6) is -1.59. The molecule has 41 heavy (non-hydrogen) atoms. The van der Waals surface area contributed by atoms with Gasteiger partial charge in [0.05, 0.1) is 18.1 Å². The zero-order valence-electron chi connectivity index (χ0n) is 23.2. The highest BCUT2D eigenvalue weighted by molar-refractivity contribution is 5.78. The van der Waals surface area contributed by atoms with Crippen molar-refractivity contribution in [2.45, 2.75) is 58.8 Å². The molecule has 10 heteroatoms. The van der Waals surface area contributed by atoms with Crippen LogP contribution in [0.1, 0.15) is 47.6 Å². The summed E-state index contributed by atoms with van der Waals surface area (Å²) in [6.45, 7) is 7.23. The number of hydrogen-bond donors (Lipinski definition) is 2. The van der Waals surface area contributed by atoms with Crippen LogP contribution in [0.4, 0.5) is 8.78 Å². The molecule has 4 aromatic rings. The minimum absolute atomic E-state index is 0.0122. The quantitative estimate of drug-likeness (QED) is 0.304. The zero-order valence-corrected chi connectivity index (χ0v) is 23.2. The van der Waals surface area contributed by atoms with E-state index >= 15 is 4.39 Å². The van der Waals surface area contributed by atoms with Gasteiger partial charge in [-0.05, 0) is 86.1 Å². The maximum absolute atomic E-state index is 15.1. The van der Waals surface area contributed by atoms with E-state index in [0.717, 1.165) is 33.9 Å². The first kappa shape index (κ1) is 27.0. The number of ether oxygens (including phenoxy) is 1. The maximum Gasteiger partial charge on any atom is 0.307 e. The number of carboxylic acid groups (broad SMARTS) is 1. The lowest BCUT2D eigenvalue weighted by Crippen LogP contribution is -2.26. The number of hydrogen-bond acceptors (Lipinski definition) is 6. The molecule has 0 spiro atoms. The van der Waals surface area contributed by atoms with Crippen LogP contribution in [0, 0.1) is 37.3 Å². The van der Waals surface area contributed by atoms with Crippen molar-refractivity contribution in [2.24, 2.45) is 11.8 Å². The van der Waals surface area contributed by atoms with Crippen LogP contribution in [0.5, 0.6) is 5.88 Å². The lowest BCUT2D eigenvalue weighted by molar-refractivity contribution is -0.139. The Bertz CT molecular complexity index is 1670. The van der Waals surface area contributed by atoms with Crippen molar-refractivity contribution in [2.75, 3.05) is 0 Å². The van der Waals surface area contributed by atoms with E-state index in [1.54, 1.807) is 37.1 Å². The van der Waals surface area contributed by atoms with Gasteiger partial charge in [-0.2, -0.15) is 5.10 Å². The molecule has 8 nitrogen and oxygen atoms in total. The Kier molecular flexibility index (Phi) is 6.41. The summed E-state index contributed by atoms with van der Waals surface area (Å²) in [6.07, 6.45) is 3.87. The Morgan fingerprint density at radius 3 is 2.51 bits per heavy atom. The summed E-state index contributed by atoms with van der Waals surface area (Å²) >= 11 is 0. The van der Waals surface area contributed by atoms with Gasteiger partial charge in [-0.3, -0.25) is 4.79 Å². The van der Waals surface area contributed by atoms with E-state index in [9.17, 15) is 19.4 Å². The summed E-state index contributed by atoms with van der Waals surface area (Å²) in [4.78, 5) is 20.0. The van der Waals surface area contributed by atoms with Crippen LogP contribution in [0.25, 0.3) is 22.5 Å². The Morgan fingerprint density at radius 2 is 1.83 bits per heavy atom. The highest BCUT2D eigenvalue weighted by Crippen LogP contribution is 2.61. The van der Waals surface area contributed by atoms with Gasteiger partial charge >= 0.3 is 5.97 Å². The van der Waals surface area contributed by atoms with Gasteiger partial charge in [0.1, 0.15) is 24.6 Å². The van der Waals surface area contributed by atoms with E-state index in [1.165, 1.54) is 6.07 Å². The van der Waals surface area contributed by atoms with Crippen LogP contribution in [0.2, 0.25) is 0 Å². The number of aryl methyl sites for hydroxylation is 2. The minimum Gasteiger partial charge on any atom is -0.481 e. The van der Waals surface area contributed by atoms with Gasteiger partial charge in [0.25, 0.3) is 0 Å². The molecule has 2 aromatic carbocycles. The number of benzene rings is 2. The standard InChI is InChI=1S/C31H30F2N4O4/c1-15-5-18(29-35-14-37(36-29)13-31(3,4)40)6-16(2)26(15)20-8-19(23(32)10-24(20)33)12-41-25-9-17-7-21-27(22(17)11-34-25)28(21)30(38)39/h5-6,8-11,14,21,27-28,40H,7,12-13H2,1-4H3,(H,38,39). The van der Waals surface area contributed by atoms with Gasteiger partial charge in [0, 0.05) is 40.9 Å². The van der Waals surface area contributed by atoms with Gasteiger partial charge in [-0.25, -0.2) is 23.4 Å². The highest BCUT2D eigenvalue weighted by Gasteiger charge is 2.59. The Balaban J connectivity index is 1.23. The number of carbonyl (C=O) groups is 1. The van der Waals surface area contributed by atoms with Gasteiger partial charge in [0.15, 0.2) is 5.82 Å². The van der Waals surface area contributed by atoms with Crippen molar-refractivity contribution in [3.63, 3.8) is 0 Å². The smallest absolute Gasteiger partial charge is 0.307 e. The molecule has 0 saturated heterocycles. The molecule has 3 unspecified atom stereocenters. The fraction of sp³-hybridized carbons (Fsp3) is 0.355. The predicted molar refractivity (Wildman–Crippen MR) is 146 cm³/mol. The molecule has 0 aliphatic heterocycles. The van der Waals surface area contributed by atoms with E-state index in [0.29, 0.717) is 23.7 Å². The summed E-state index contributed by atoms with van der Waals surface area (Å²) in [5.41, 5.74) is 4.40. The molecule has 2 aliphatic carbocycles. The molecule has 6 rings (SSSR count). The first-order valence-electron chi connectivity index (χ1n) is 13.5. The summed E-state index contributed by atoms with van der Waals surface area (Å²) in [5, 5.41) is 23.8. The number of carboxylic acids is 1. The van der Waals surface area contributed by atoms with Crippen LogP contribution in [-0.2, 0) is 24.4 Å². The number of nitrogens with zero attached hydrogens (tertiary/aromatic N) is 4. The number of pyridine rings is 1. The largest absolute Gasteiger partial charge is 0.481 e. The van der Waals surface area contributed by atoms with Crippen LogP contribution in [-0.4, -0.2) is 41.5 Å². The molecule has 2 aromatic heterocycles. The molecule has 1 fully saturated rings.